The van der Waals surface area contributed by atoms with Crippen LogP contribution in [0.4, 0.5) is 0 Å². The summed E-state index contributed by atoms with van der Waals surface area (Å²) in [5, 5.41) is 12.2. The van der Waals surface area contributed by atoms with Crippen LogP contribution in [0, 0.1) is 0 Å². The van der Waals surface area contributed by atoms with Crippen molar-refractivity contribution in [2.24, 2.45) is 0 Å². The number of aliphatic carboxylic acids is 1. The lowest BCUT2D eigenvalue weighted by atomic mass is 10.1. The maximum absolute atomic E-state index is 11.2. The fraction of sp³-hybridized carbons (Fsp3) is 0.500. The van der Waals surface area contributed by atoms with E-state index in [1.165, 1.54) is 0 Å². The van der Waals surface area contributed by atoms with Gasteiger partial charge in [0.05, 0.1) is 6.10 Å². The number of rotatable bonds is 7. The minimum atomic E-state index is -0.870. The summed E-state index contributed by atoms with van der Waals surface area (Å²) >= 11 is 0. The Morgan fingerprint density at radius 3 is 2.72 bits per heavy atom. The maximum atomic E-state index is 11.2. The first-order valence-corrected chi connectivity index (χ1v) is 6.27. The van der Waals surface area contributed by atoms with Crippen molar-refractivity contribution in [3.05, 3.63) is 29.8 Å². The molecule has 0 saturated heterocycles. The Balaban J connectivity index is 2.87. The van der Waals surface area contributed by atoms with Gasteiger partial charge in [-0.1, -0.05) is 19.1 Å². The summed E-state index contributed by atoms with van der Waals surface area (Å²) in [6, 6.07) is 6.55. The summed E-state index contributed by atoms with van der Waals surface area (Å²) in [4.78, 5) is 11.2. The Morgan fingerprint density at radius 2 is 2.17 bits per heavy atom. The molecule has 0 aliphatic carbocycles. The molecule has 0 bridgehead atoms. The van der Waals surface area contributed by atoms with E-state index < -0.39 is 12.0 Å². The van der Waals surface area contributed by atoms with Crippen LogP contribution in [0.1, 0.15) is 38.8 Å². The number of nitrogens with one attached hydrogen (secondary N) is 1. The summed E-state index contributed by atoms with van der Waals surface area (Å²) in [7, 11) is 0. The first-order chi connectivity index (χ1) is 8.54. The molecule has 0 aliphatic rings. The number of hydrogen-bond donors (Lipinski definition) is 2. The number of hydrogen-bond acceptors (Lipinski definition) is 3. The molecule has 0 radical (unpaired) electrons. The molecule has 4 heteroatoms. The van der Waals surface area contributed by atoms with Gasteiger partial charge in [0.15, 0.2) is 0 Å². The lowest BCUT2D eigenvalue weighted by Gasteiger charge is -2.16. The van der Waals surface area contributed by atoms with Crippen molar-refractivity contribution in [2.75, 3.05) is 6.54 Å². The molecule has 1 aromatic rings. The molecule has 0 amide bonds. The first kappa shape index (κ1) is 14.5. The Labute approximate surface area is 108 Å². The van der Waals surface area contributed by atoms with E-state index in [1.54, 1.807) is 12.1 Å². The van der Waals surface area contributed by atoms with Gasteiger partial charge in [-0.3, -0.25) is 4.79 Å². The van der Waals surface area contributed by atoms with E-state index in [4.69, 9.17) is 4.74 Å². The van der Waals surface area contributed by atoms with Crippen LogP contribution in [-0.4, -0.2) is 23.7 Å². The van der Waals surface area contributed by atoms with Gasteiger partial charge in [-0.15, -0.1) is 0 Å². The monoisotopic (exact) mass is 251 g/mol. The summed E-state index contributed by atoms with van der Waals surface area (Å²) in [5.74, 6) is -0.169. The number of carbonyl (C=O) groups is 1. The molecule has 1 aromatic carbocycles. The number of carboxylic acids is 1. The summed E-state index contributed by atoms with van der Waals surface area (Å²) in [5.41, 5.74) is 0.717. The topological polar surface area (TPSA) is 58.6 Å². The van der Waals surface area contributed by atoms with Crippen molar-refractivity contribution in [1.82, 2.24) is 5.32 Å². The zero-order valence-electron chi connectivity index (χ0n) is 11.1. The van der Waals surface area contributed by atoms with Crippen LogP contribution < -0.4 is 10.1 Å². The number of benzene rings is 1. The molecule has 100 valence electrons. The Kier molecular flexibility index (Phi) is 5.65. The fourth-order valence-corrected chi connectivity index (χ4v) is 1.68. The van der Waals surface area contributed by atoms with Crippen molar-refractivity contribution in [1.29, 1.82) is 0 Å². The van der Waals surface area contributed by atoms with Crippen molar-refractivity contribution >= 4 is 5.97 Å². The molecule has 0 aliphatic heterocycles. The van der Waals surface area contributed by atoms with Crippen molar-refractivity contribution < 1.29 is 14.6 Å². The smallest absolute Gasteiger partial charge is 0.325 e. The fourth-order valence-electron chi connectivity index (χ4n) is 1.68. The summed E-state index contributed by atoms with van der Waals surface area (Å²) in [6.07, 6.45) is 0.971. The third-order valence-electron chi connectivity index (χ3n) is 2.41. The molecule has 2 N–H and O–H groups in total. The van der Waals surface area contributed by atoms with Gasteiger partial charge in [0.1, 0.15) is 11.8 Å². The van der Waals surface area contributed by atoms with Gasteiger partial charge in [0.25, 0.3) is 0 Å². The maximum Gasteiger partial charge on any atom is 0.325 e. The van der Waals surface area contributed by atoms with Crippen LogP contribution in [0.3, 0.4) is 0 Å². The van der Waals surface area contributed by atoms with Gasteiger partial charge in [-0.2, -0.15) is 0 Å². The van der Waals surface area contributed by atoms with Gasteiger partial charge in [0, 0.05) is 0 Å². The number of ether oxygens (including phenoxy) is 1. The molecule has 0 spiro atoms. The second-order valence-electron chi connectivity index (χ2n) is 4.46. The standard InChI is InChI=1S/C14H21NO3/c1-4-8-15-13(14(16)17)11-6-5-7-12(9-11)18-10(2)3/h5-7,9-10,13,15H,4,8H2,1-3H3,(H,16,17). The molecular formula is C14H21NO3. The average Bonchev–Trinajstić information content (AvgIpc) is 2.28. The highest BCUT2D eigenvalue weighted by atomic mass is 16.5. The van der Waals surface area contributed by atoms with Crippen LogP contribution in [0.25, 0.3) is 0 Å². The molecular weight excluding hydrogens is 230 g/mol. The van der Waals surface area contributed by atoms with Crippen LogP contribution in [-0.2, 0) is 4.79 Å². The van der Waals surface area contributed by atoms with Gasteiger partial charge in [-0.25, -0.2) is 0 Å². The van der Waals surface area contributed by atoms with Gasteiger partial charge >= 0.3 is 5.97 Å². The second kappa shape index (κ2) is 7.01. The molecule has 0 saturated carbocycles. The lowest BCUT2D eigenvalue weighted by molar-refractivity contribution is -0.139. The molecule has 0 fully saturated rings. The minimum Gasteiger partial charge on any atom is -0.491 e. The third kappa shape index (κ3) is 4.37. The van der Waals surface area contributed by atoms with Crippen molar-refractivity contribution in [2.45, 2.75) is 39.3 Å². The van der Waals surface area contributed by atoms with Crippen LogP contribution in [0.15, 0.2) is 24.3 Å². The van der Waals surface area contributed by atoms with E-state index in [-0.39, 0.29) is 6.10 Å². The average molecular weight is 251 g/mol. The highest BCUT2D eigenvalue weighted by Gasteiger charge is 2.19. The Morgan fingerprint density at radius 1 is 1.44 bits per heavy atom. The summed E-state index contributed by atoms with van der Waals surface area (Å²) < 4.78 is 5.57. The molecule has 0 heterocycles. The molecule has 1 unspecified atom stereocenters. The summed E-state index contributed by atoms with van der Waals surface area (Å²) in [6.45, 7) is 6.56. The molecule has 18 heavy (non-hydrogen) atoms. The second-order valence-corrected chi connectivity index (χ2v) is 4.46. The Hall–Kier alpha value is -1.55. The van der Waals surface area contributed by atoms with Crippen molar-refractivity contribution in [3.63, 3.8) is 0 Å². The van der Waals surface area contributed by atoms with Crippen LogP contribution >= 0.6 is 0 Å². The van der Waals surface area contributed by atoms with E-state index in [2.05, 4.69) is 5.32 Å². The quantitative estimate of drug-likeness (QED) is 0.782. The highest BCUT2D eigenvalue weighted by Crippen LogP contribution is 2.20. The van der Waals surface area contributed by atoms with E-state index in [1.807, 2.05) is 32.9 Å². The van der Waals surface area contributed by atoms with Crippen LogP contribution in [0.5, 0.6) is 5.75 Å². The highest BCUT2D eigenvalue weighted by molar-refractivity contribution is 5.75. The lowest BCUT2D eigenvalue weighted by Crippen LogP contribution is -2.29. The Bertz CT molecular complexity index is 390. The molecule has 1 rings (SSSR count). The van der Waals surface area contributed by atoms with Crippen LogP contribution in [0.2, 0.25) is 0 Å². The van der Waals surface area contributed by atoms with E-state index in [0.717, 1.165) is 6.42 Å². The molecule has 4 nitrogen and oxygen atoms in total. The van der Waals surface area contributed by atoms with Gasteiger partial charge in [-0.05, 0) is 44.5 Å². The zero-order valence-corrected chi connectivity index (χ0v) is 11.1. The predicted molar refractivity (Wildman–Crippen MR) is 70.9 cm³/mol. The molecule has 1 atom stereocenters. The first-order valence-electron chi connectivity index (χ1n) is 6.27. The predicted octanol–water partition coefficient (Wildman–Crippen LogP) is 2.60. The SMILES string of the molecule is CCCNC(C(=O)O)c1cccc(OC(C)C)c1. The molecule has 0 aromatic heterocycles. The van der Waals surface area contributed by atoms with E-state index >= 15 is 0 Å². The van der Waals surface area contributed by atoms with Gasteiger partial charge < -0.3 is 15.2 Å². The third-order valence-corrected chi connectivity index (χ3v) is 2.41. The largest absolute Gasteiger partial charge is 0.491 e. The normalized spacial score (nSPS) is 12.4. The zero-order chi connectivity index (χ0) is 13.5. The van der Waals surface area contributed by atoms with E-state index in [0.29, 0.717) is 17.9 Å². The number of carboxylic acid groups (broad SMARTS) is 1. The van der Waals surface area contributed by atoms with E-state index in [9.17, 15) is 9.90 Å². The van der Waals surface area contributed by atoms with Gasteiger partial charge in [0.2, 0.25) is 0 Å². The van der Waals surface area contributed by atoms with Crippen molar-refractivity contribution in [3.8, 4) is 5.75 Å². The minimum absolute atomic E-state index is 0.0760.